The van der Waals surface area contributed by atoms with Gasteiger partial charge in [0.2, 0.25) is 5.95 Å². The lowest BCUT2D eigenvalue weighted by Gasteiger charge is -1.89. The zero-order valence-corrected chi connectivity index (χ0v) is 5.99. The van der Waals surface area contributed by atoms with Crippen molar-refractivity contribution in [3.8, 4) is 0 Å². The van der Waals surface area contributed by atoms with Gasteiger partial charge in [-0.25, -0.2) is 4.68 Å². The van der Waals surface area contributed by atoms with E-state index in [0.29, 0.717) is 5.95 Å². The number of hydrogen-bond donors (Lipinski definition) is 1. The Balaban J connectivity index is 0.000000371. The summed E-state index contributed by atoms with van der Waals surface area (Å²) in [6.45, 7) is 8.64. The Labute approximate surface area is 59.5 Å². The number of tetrazole rings is 1. The Morgan fingerprint density at radius 1 is 1.60 bits per heavy atom. The van der Waals surface area contributed by atoms with E-state index in [0.717, 1.165) is 6.54 Å². The van der Waals surface area contributed by atoms with Crippen LogP contribution >= 0.6 is 0 Å². The first-order chi connectivity index (χ1) is 4.84. The van der Waals surface area contributed by atoms with Gasteiger partial charge in [0.05, 0.1) is 0 Å². The molecule has 10 heavy (non-hydrogen) atoms. The molecule has 56 valence electrons. The van der Waals surface area contributed by atoms with Gasteiger partial charge >= 0.3 is 0 Å². The first-order valence-electron chi connectivity index (χ1n) is 2.86. The summed E-state index contributed by atoms with van der Waals surface area (Å²) in [4.78, 5) is 0. The lowest BCUT2D eigenvalue weighted by Crippen LogP contribution is -2.02. The molecule has 0 aliphatic heterocycles. The third-order valence-corrected chi connectivity index (χ3v) is 0.859. The predicted octanol–water partition coefficient (Wildman–Crippen LogP) is 0.0774. The fraction of sp³-hybridized carbons (Fsp3) is 0.400. The SMILES string of the molecule is C=C.CCn1nnnc1N. The minimum Gasteiger partial charge on any atom is -0.367 e. The van der Waals surface area contributed by atoms with Crippen molar-refractivity contribution in [2.75, 3.05) is 5.73 Å². The average molecular weight is 141 g/mol. The van der Waals surface area contributed by atoms with Gasteiger partial charge in [-0.3, -0.25) is 0 Å². The molecule has 0 amide bonds. The van der Waals surface area contributed by atoms with Crippen LogP contribution in [0.1, 0.15) is 6.92 Å². The molecule has 0 aliphatic rings. The van der Waals surface area contributed by atoms with Crippen molar-refractivity contribution in [3.63, 3.8) is 0 Å². The highest BCUT2D eigenvalue weighted by atomic mass is 15.6. The Hall–Kier alpha value is -1.39. The number of aromatic nitrogens is 4. The third kappa shape index (κ3) is 1.85. The lowest BCUT2D eigenvalue weighted by atomic mass is 10.8. The summed E-state index contributed by atoms with van der Waals surface area (Å²) in [5.74, 6) is 0.368. The molecular formula is C5H11N5. The van der Waals surface area contributed by atoms with E-state index in [1.807, 2.05) is 6.92 Å². The largest absolute Gasteiger partial charge is 0.367 e. The van der Waals surface area contributed by atoms with Gasteiger partial charge in [-0.15, -0.1) is 13.2 Å². The van der Waals surface area contributed by atoms with Gasteiger partial charge in [-0.1, -0.05) is 5.10 Å². The number of aryl methyl sites for hydroxylation is 1. The van der Waals surface area contributed by atoms with Crippen LogP contribution < -0.4 is 5.73 Å². The molecule has 5 nitrogen and oxygen atoms in total. The van der Waals surface area contributed by atoms with Crippen LogP contribution in [0.25, 0.3) is 0 Å². The number of anilines is 1. The standard InChI is InChI=1S/C3H7N5.C2H4/c1-2-8-3(4)5-6-7-8;1-2/h2H2,1H3,(H2,4,5,7);1-2H2. The molecule has 0 radical (unpaired) electrons. The maximum atomic E-state index is 5.28. The first-order valence-corrected chi connectivity index (χ1v) is 2.86. The molecule has 1 aromatic heterocycles. The lowest BCUT2D eigenvalue weighted by molar-refractivity contribution is 0.633. The molecule has 0 saturated carbocycles. The van der Waals surface area contributed by atoms with Crippen molar-refractivity contribution in [1.29, 1.82) is 0 Å². The summed E-state index contributed by atoms with van der Waals surface area (Å²) < 4.78 is 1.51. The third-order valence-electron chi connectivity index (χ3n) is 0.859. The normalized spacial score (nSPS) is 8.10. The summed E-state index contributed by atoms with van der Waals surface area (Å²) in [7, 11) is 0. The van der Waals surface area contributed by atoms with Gasteiger partial charge < -0.3 is 5.73 Å². The van der Waals surface area contributed by atoms with Crippen molar-refractivity contribution in [1.82, 2.24) is 20.2 Å². The van der Waals surface area contributed by atoms with E-state index in [2.05, 4.69) is 28.7 Å². The van der Waals surface area contributed by atoms with Crippen molar-refractivity contribution in [2.45, 2.75) is 13.5 Å². The zero-order valence-electron chi connectivity index (χ0n) is 5.99. The predicted molar refractivity (Wildman–Crippen MR) is 39.2 cm³/mol. The Bertz CT molecular complexity index is 182. The summed E-state index contributed by atoms with van der Waals surface area (Å²) in [5, 5.41) is 10.4. The van der Waals surface area contributed by atoms with Crippen LogP contribution in [0.4, 0.5) is 5.95 Å². The highest BCUT2D eigenvalue weighted by Crippen LogP contribution is 1.87. The van der Waals surface area contributed by atoms with E-state index in [4.69, 9.17) is 5.73 Å². The summed E-state index contributed by atoms with van der Waals surface area (Å²) in [6, 6.07) is 0. The van der Waals surface area contributed by atoms with Gasteiger partial charge in [0.15, 0.2) is 0 Å². The average Bonchev–Trinajstić information content (AvgIpc) is 2.39. The Morgan fingerprint density at radius 3 is 2.40 bits per heavy atom. The molecule has 0 bridgehead atoms. The van der Waals surface area contributed by atoms with Crippen LogP contribution in [-0.2, 0) is 6.54 Å². The second kappa shape index (κ2) is 4.49. The molecule has 1 rings (SSSR count). The van der Waals surface area contributed by atoms with Gasteiger partial charge in [0.1, 0.15) is 0 Å². The van der Waals surface area contributed by atoms with Crippen molar-refractivity contribution in [2.24, 2.45) is 0 Å². The monoisotopic (exact) mass is 141 g/mol. The molecule has 0 unspecified atom stereocenters. The van der Waals surface area contributed by atoms with Crippen LogP contribution in [0, 0.1) is 0 Å². The van der Waals surface area contributed by atoms with Crippen LogP contribution in [0.15, 0.2) is 13.2 Å². The van der Waals surface area contributed by atoms with E-state index < -0.39 is 0 Å². The molecule has 1 aromatic rings. The Kier molecular flexibility index (Phi) is 3.86. The van der Waals surface area contributed by atoms with Crippen molar-refractivity contribution >= 4 is 5.95 Å². The fourth-order valence-corrected chi connectivity index (χ4v) is 0.437. The van der Waals surface area contributed by atoms with Gasteiger partial charge in [0.25, 0.3) is 0 Å². The molecule has 5 heteroatoms. The molecule has 2 N–H and O–H groups in total. The highest BCUT2D eigenvalue weighted by Gasteiger charge is 1.93. The van der Waals surface area contributed by atoms with E-state index in [1.165, 1.54) is 4.68 Å². The second-order valence-corrected chi connectivity index (χ2v) is 1.35. The molecule has 0 saturated heterocycles. The molecule has 1 heterocycles. The summed E-state index contributed by atoms with van der Waals surface area (Å²) >= 11 is 0. The highest BCUT2D eigenvalue weighted by molar-refractivity contribution is 5.09. The maximum Gasteiger partial charge on any atom is 0.240 e. The molecule has 0 aliphatic carbocycles. The summed E-state index contributed by atoms with van der Waals surface area (Å²) in [5.41, 5.74) is 5.28. The van der Waals surface area contributed by atoms with Crippen LogP contribution in [-0.4, -0.2) is 20.2 Å². The number of nitrogens with two attached hydrogens (primary N) is 1. The molecule has 0 spiro atoms. The van der Waals surface area contributed by atoms with Crippen molar-refractivity contribution in [3.05, 3.63) is 13.2 Å². The van der Waals surface area contributed by atoms with E-state index in [9.17, 15) is 0 Å². The van der Waals surface area contributed by atoms with Crippen LogP contribution in [0.3, 0.4) is 0 Å². The molecule has 0 fully saturated rings. The Morgan fingerprint density at radius 2 is 2.20 bits per heavy atom. The summed E-state index contributed by atoms with van der Waals surface area (Å²) in [6.07, 6.45) is 0. The molecule has 0 atom stereocenters. The smallest absolute Gasteiger partial charge is 0.240 e. The number of hydrogen-bond acceptors (Lipinski definition) is 4. The van der Waals surface area contributed by atoms with Gasteiger partial charge in [-0.05, 0) is 17.4 Å². The second-order valence-electron chi connectivity index (χ2n) is 1.35. The van der Waals surface area contributed by atoms with Crippen LogP contribution in [0.2, 0.25) is 0 Å². The topological polar surface area (TPSA) is 69.6 Å². The molecule has 0 aromatic carbocycles. The minimum atomic E-state index is 0.368. The molecular weight excluding hydrogens is 130 g/mol. The maximum absolute atomic E-state index is 5.28. The number of rotatable bonds is 1. The van der Waals surface area contributed by atoms with Crippen LogP contribution in [0.5, 0.6) is 0 Å². The van der Waals surface area contributed by atoms with Gasteiger partial charge in [-0.2, -0.15) is 0 Å². The van der Waals surface area contributed by atoms with E-state index in [1.54, 1.807) is 0 Å². The zero-order chi connectivity index (χ0) is 7.98. The van der Waals surface area contributed by atoms with Gasteiger partial charge in [0, 0.05) is 6.54 Å². The van der Waals surface area contributed by atoms with Crippen molar-refractivity contribution < 1.29 is 0 Å². The first kappa shape index (κ1) is 8.61. The quantitative estimate of drug-likeness (QED) is 0.562. The minimum absolute atomic E-state index is 0.368. The van der Waals surface area contributed by atoms with E-state index >= 15 is 0 Å². The number of nitrogen functional groups attached to an aromatic ring is 1. The fourth-order valence-electron chi connectivity index (χ4n) is 0.437. The van der Waals surface area contributed by atoms with E-state index in [-0.39, 0.29) is 0 Å². The number of nitrogens with zero attached hydrogens (tertiary/aromatic N) is 4.